The number of nitrogens with one attached hydrogen (secondary N) is 2. The number of aryl methyl sites for hydroxylation is 1. The first-order chi connectivity index (χ1) is 13.1. The van der Waals surface area contributed by atoms with E-state index in [1.165, 1.54) is 14.0 Å². The Balaban J connectivity index is 2.44. The van der Waals surface area contributed by atoms with Crippen LogP contribution in [0.4, 0.5) is 0 Å². The first kappa shape index (κ1) is 21.7. The van der Waals surface area contributed by atoms with Gasteiger partial charge in [0.25, 0.3) is 5.91 Å². The number of amides is 1. The fourth-order valence-electron chi connectivity index (χ4n) is 3.21. The van der Waals surface area contributed by atoms with E-state index in [9.17, 15) is 19.5 Å². The molecule has 0 fully saturated rings. The molecule has 1 unspecified atom stereocenters. The average molecular weight is 451 g/mol. The number of aliphatic carboxylic acids is 1. The van der Waals surface area contributed by atoms with E-state index in [0.717, 1.165) is 0 Å². The highest BCUT2D eigenvalue weighted by atomic mass is 79.9. The Hall–Kier alpha value is -2.61. The van der Waals surface area contributed by atoms with Gasteiger partial charge >= 0.3 is 5.97 Å². The molecule has 0 spiro atoms. The molecule has 1 heterocycles. The van der Waals surface area contributed by atoms with E-state index >= 15 is 0 Å². The lowest BCUT2D eigenvalue weighted by molar-refractivity contribution is -0.139. The normalized spacial score (nSPS) is 12.0. The zero-order valence-electron chi connectivity index (χ0n) is 16.3. The molecule has 2 rings (SSSR count). The third-order valence-electron chi connectivity index (χ3n) is 4.41. The zero-order chi connectivity index (χ0) is 21.2. The number of aromatic nitrogens is 1. The second-order valence-corrected chi connectivity index (χ2v) is 7.62. The highest BCUT2D eigenvalue weighted by Crippen LogP contribution is 2.30. The van der Waals surface area contributed by atoms with Crippen LogP contribution in [0.1, 0.15) is 70.4 Å². The minimum atomic E-state index is -1.26. The molecule has 1 aromatic carbocycles. The van der Waals surface area contributed by atoms with E-state index in [0.29, 0.717) is 32.6 Å². The van der Waals surface area contributed by atoms with Crippen LogP contribution in [0.25, 0.3) is 0 Å². The van der Waals surface area contributed by atoms with Gasteiger partial charge in [-0.05, 0) is 59.0 Å². The fraction of sp³-hybridized carbons (Fsp3) is 0.350. The van der Waals surface area contributed by atoms with Crippen molar-refractivity contribution in [1.82, 2.24) is 10.3 Å². The maximum Gasteiger partial charge on any atom is 0.330 e. The predicted octanol–water partition coefficient (Wildman–Crippen LogP) is 3.98. The van der Waals surface area contributed by atoms with Crippen molar-refractivity contribution in [3.8, 4) is 5.75 Å². The number of carbonyl (C=O) groups is 3. The fourth-order valence-corrected chi connectivity index (χ4v) is 3.77. The van der Waals surface area contributed by atoms with Gasteiger partial charge in [0.15, 0.2) is 11.8 Å². The van der Waals surface area contributed by atoms with Crippen molar-refractivity contribution in [1.29, 1.82) is 0 Å². The summed E-state index contributed by atoms with van der Waals surface area (Å²) in [5.41, 5.74) is 2.23. The molecular weight excluding hydrogens is 428 g/mol. The summed E-state index contributed by atoms with van der Waals surface area (Å²) >= 11 is 3.32. The lowest BCUT2D eigenvalue weighted by atomic mass is 9.95. The predicted molar refractivity (Wildman–Crippen MR) is 108 cm³/mol. The zero-order valence-corrected chi connectivity index (χ0v) is 17.9. The summed E-state index contributed by atoms with van der Waals surface area (Å²) in [6.45, 7) is 6.91. The van der Waals surface area contributed by atoms with Crippen LogP contribution in [0.15, 0.2) is 22.7 Å². The molecular formula is C20H23BrN2O5. The van der Waals surface area contributed by atoms with Crippen molar-refractivity contribution < 1.29 is 24.2 Å². The molecule has 1 aromatic heterocycles. The SMILES string of the molecule is COc1ccc(C(NC(=O)c2[nH]c(C)c(C(C)=O)c2C(C)C)C(=O)O)cc1Br. The summed E-state index contributed by atoms with van der Waals surface area (Å²) in [5, 5.41) is 12.2. The van der Waals surface area contributed by atoms with E-state index in [1.54, 1.807) is 25.1 Å². The second kappa shape index (κ2) is 8.60. The standard InChI is InChI=1S/C20H23BrN2O5/c1-9(2)15-16(11(4)24)10(3)22-18(15)19(25)23-17(20(26)27)12-6-7-14(28-5)13(21)8-12/h6-9,17,22H,1-5H3,(H,23,25)(H,26,27). The van der Waals surface area contributed by atoms with Crippen molar-refractivity contribution in [2.24, 2.45) is 0 Å². The van der Waals surface area contributed by atoms with Crippen molar-refractivity contribution in [3.05, 3.63) is 50.8 Å². The van der Waals surface area contributed by atoms with Gasteiger partial charge in [0, 0.05) is 11.3 Å². The van der Waals surface area contributed by atoms with Gasteiger partial charge in [-0.25, -0.2) is 4.79 Å². The van der Waals surface area contributed by atoms with Crippen LogP contribution in [0.3, 0.4) is 0 Å². The highest BCUT2D eigenvalue weighted by molar-refractivity contribution is 9.10. The number of carboxylic acid groups (broad SMARTS) is 1. The van der Waals surface area contributed by atoms with Crippen LogP contribution in [0, 0.1) is 6.92 Å². The third-order valence-corrected chi connectivity index (χ3v) is 5.03. The van der Waals surface area contributed by atoms with Gasteiger partial charge in [-0.3, -0.25) is 9.59 Å². The van der Waals surface area contributed by atoms with Gasteiger partial charge in [0.05, 0.1) is 11.6 Å². The number of aromatic amines is 1. The van der Waals surface area contributed by atoms with Crippen LogP contribution in [0.5, 0.6) is 5.75 Å². The average Bonchev–Trinajstić information content (AvgIpc) is 2.97. The van der Waals surface area contributed by atoms with Crippen molar-refractivity contribution >= 4 is 33.6 Å². The molecule has 150 valence electrons. The molecule has 0 radical (unpaired) electrons. The van der Waals surface area contributed by atoms with Gasteiger partial charge in [-0.1, -0.05) is 19.9 Å². The summed E-state index contributed by atoms with van der Waals surface area (Å²) in [4.78, 5) is 39.7. The van der Waals surface area contributed by atoms with E-state index < -0.39 is 17.9 Å². The number of carboxylic acids is 1. The van der Waals surface area contributed by atoms with E-state index in [4.69, 9.17) is 4.74 Å². The summed E-state index contributed by atoms with van der Waals surface area (Å²) in [5.74, 6) is -1.48. The van der Waals surface area contributed by atoms with E-state index in [1.807, 2.05) is 13.8 Å². The minimum Gasteiger partial charge on any atom is -0.496 e. The molecule has 28 heavy (non-hydrogen) atoms. The summed E-state index contributed by atoms with van der Waals surface area (Å²) in [6.07, 6.45) is 0. The number of carbonyl (C=O) groups excluding carboxylic acids is 2. The molecule has 1 atom stereocenters. The number of H-pyrrole nitrogens is 1. The summed E-state index contributed by atoms with van der Waals surface area (Å²) in [7, 11) is 1.50. The number of ketones is 1. The Bertz CT molecular complexity index is 933. The Kier molecular flexibility index (Phi) is 6.66. The number of rotatable bonds is 7. The molecule has 1 amide bonds. The number of hydrogen-bond donors (Lipinski definition) is 3. The first-order valence-electron chi connectivity index (χ1n) is 8.68. The van der Waals surface area contributed by atoms with Crippen molar-refractivity contribution in [2.45, 2.75) is 39.7 Å². The van der Waals surface area contributed by atoms with Crippen molar-refractivity contribution in [3.63, 3.8) is 0 Å². The maximum atomic E-state index is 12.9. The monoisotopic (exact) mass is 450 g/mol. The topological polar surface area (TPSA) is 108 Å². The smallest absolute Gasteiger partial charge is 0.330 e. The molecule has 0 bridgehead atoms. The van der Waals surface area contributed by atoms with Crippen molar-refractivity contribution in [2.75, 3.05) is 7.11 Å². The Morgan fingerprint density at radius 2 is 1.89 bits per heavy atom. The second-order valence-electron chi connectivity index (χ2n) is 6.76. The molecule has 0 saturated carbocycles. The Morgan fingerprint density at radius 1 is 1.25 bits per heavy atom. The lowest BCUT2D eigenvalue weighted by Crippen LogP contribution is -2.34. The van der Waals surface area contributed by atoms with Crippen LogP contribution < -0.4 is 10.1 Å². The largest absolute Gasteiger partial charge is 0.496 e. The van der Waals surface area contributed by atoms with Gasteiger partial charge in [-0.2, -0.15) is 0 Å². The molecule has 8 heteroatoms. The molecule has 2 aromatic rings. The van der Waals surface area contributed by atoms with Crippen LogP contribution in [0.2, 0.25) is 0 Å². The Morgan fingerprint density at radius 3 is 2.36 bits per heavy atom. The van der Waals surface area contributed by atoms with Gasteiger partial charge in [0.2, 0.25) is 0 Å². The molecule has 0 aliphatic carbocycles. The lowest BCUT2D eigenvalue weighted by Gasteiger charge is -2.17. The number of methoxy groups -OCH3 is 1. The van der Waals surface area contributed by atoms with Gasteiger partial charge < -0.3 is 20.1 Å². The van der Waals surface area contributed by atoms with Crippen LogP contribution >= 0.6 is 15.9 Å². The summed E-state index contributed by atoms with van der Waals surface area (Å²) < 4.78 is 5.73. The van der Waals surface area contributed by atoms with Crippen LogP contribution in [-0.2, 0) is 4.79 Å². The summed E-state index contributed by atoms with van der Waals surface area (Å²) in [6, 6.07) is 3.52. The van der Waals surface area contributed by atoms with Gasteiger partial charge in [0.1, 0.15) is 11.4 Å². The number of Topliss-reactive ketones (excluding diaryl/α,β-unsaturated/α-hetero) is 1. The van der Waals surface area contributed by atoms with Gasteiger partial charge in [-0.15, -0.1) is 0 Å². The molecule has 3 N–H and O–H groups in total. The third kappa shape index (κ3) is 4.27. The molecule has 0 aliphatic heterocycles. The minimum absolute atomic E-state index is 0.0944. The highest BCUT2D eigenvalue weighted by Gasteiger charge is 2.29. The van der Waals surface area contributed by atoms with E-state index in [2.05, 4.69) is 26.2 Å². The number of ether oxygens (including phenoxy) is 1. The molecule has 7 nitrogen and oxygen atoms in total. The quantitative estimate of drug-likeness (QED) is 0.552. The maximum absolute atomic E-state index is 12.9. The molecule has 0 aliphatic rings. The molecule has 0 saturated heterocycles. The Labute approximate surface area is 171 Å². The van der Waals surface area contributed by atoms with Crippen LogP contribution in [-0.4, -0.2) is 34.9 Å². The number of halogens is 1. The number of hydrogen-bond acceptors (Lipinski definition) is 4. The van der Waals surface area contributed by atoms with E-state index in [-0.39, 0.29) is 17.4 Å². The first-order valence-corrected chi connectivity index (χ1v) is 9.48. The number of benzene rings is 1.